The van der Waals surface area contributed by atoms with Gasteiger partial charge in [-0.3, -0.25) is 4.79 Å². The second-order valence-corrected chi connectivity index (χ2v) is 4.36. The minimum Gasteiger partial charge on any atom is -0.493 e. The van der Waals surface area contributed by atoms with Crippen molar-refractivity contribution < 1.29 is 14.3 Å². The predicted octanol–water partition coefficient (Wildman–Crippen LogP) is 2.16. The zero-order chi connectivity index (χ0) is 14.3. The molecule has 5 heteroatoms. The Morgan fingerprint density at radius 3 is 2.74 bits per heavy atom. The molecule has 1 aromatic carbocycles. The highest BCUT2D eigenvalue weighted by molar-refractivity contribution is 5.91. The fourth-order valence-electron chi connectivity index (χ4n) is 1.61. The van der Waals surface area contributed by atoms with Crippen LogP contribution < -0.4 is 20.5 Å². The lowest BCUT2D eigenvalue weighted by atomic mass is 10.2. The zero-order valence-electron chi connectivity index (χ0n) is 11.7. The summed E-state index contributed by atoms with van der Waals surface area (Å²) < 4.78 is 10.6. The van der Waals surface area contributed by atoms with E-state index < -0.39 is 0 Å². The quantitative estimate of drug-likeness (QED) is 0.793. The van der Waals surface area contributed by atoms with Crippen LogP contribution in [-0.4, -0.2) is 25.7 Å². The summed E-state index contributed by atoms with van der Waals surface area (Å²) in [5.41, 5.74) is 6.31. The molecule has 106 valence electrons. The van der Waals surface area contributed by atoms with Crippen molar-refractivity contribution in [1.82, 2.24) is 0 Å². The molecule has 1 unspecified atom stereocenters. The molecule has 0 spiro atoms. The van der Waals surface area contributed by atoms with Crippen LogP contribution in [0, 0.1) is 0 Å². The lowest BCUT2D eigenvalue weighted by Crippen LogP contribution is -2.19. The molecular weight excluding hydrogens is 244 g/mol. The second kappa shape index (κ2) is 7.63. The average Bonchev–Trinajstić information content (AvgIpc) is 2.37. The lowest BCUT2D eigenvalue weighted by Gasteiger charge is -2.12. The number of nitrogens with one attached hydrogen (secondary N) is 1. The van der Waals surface area contributed by atoms with Gasteiger partial charge in [-0.2, -0.15) is 0 Å². The van der Waals surface area contributed by atoms with Crippen LogP contribution in [0.25, 0.3) is 0 Å². The van der Waals surface area contributed by atoms with Gasteiger partial charge in [0.25, 0.3) is 0 Å². The third-order valence-electron chi connectivity index (χ3n) is 2.57. The summed E-state index contributed by atoms with van der Waals surface area (Å²) in [6.45, 7) is 4.32. The highest BCUT2D eigenvalue weighted by atomic mass is 16.5. The maximum Gasteiger partial charge on any atom is 0.224 e. The van der Waals surface area contributed by atoms with Crippen molar-refractivity contribution in [2.75, 3.05) is 19.0 Å². The number of ether oxygens (including phenoxy) is 2. The van der Waals surface area contributed by atoms with Crippen LogP contribution in [0.2, 0.25) is 0 Å². The summed E-state index contributed by atoms with van der Waals surface area (Å²) in [4.78, 5) is 11.7. The number of anilines is 1. The number of carbonyl (C=O) groups excluding carboxylic acids is 1. The van der Waals surface area contributed by atoms with Gasteiger partial charge in [0.05, 0.1) is 13.7 Å². The molecule has 0 radical (unpaired) electrons. The minimum absolute atomic E-state index is 0.0283. The van der Waals surface area contributed by atoms with Crippen LogP contribution in [-0.2, 0) is 4.79 Å². The molecule has 1 amide bonds. The number of benzene rings is 1. The number of hydrogen-bond donors (Lipinski definition) is 2. The van der Waals surface area contributed by atoms with Crippen LogP contribution >= 0.6 is 0 Å². The Labute approximate surface area is 114 Å². The molecule has 1 aromatic rings. The molecular formula is C14H22N2O3. The predicted molar refractivity (Wildman–Crippen MR) is 75.7 cm³/mol. The minimum atomic E-state index is -0.0510. The van der Waals surface area contributed by atoms with E-state index in [0.29, 0.717) is 36.6 Å². The second-order valence-electron chi connectivity index (χ2n) is 4.36. The van der Waals surface area contributed by atoms with E-state index in [1.54, 1.807) is 25.3 Å². The summed E-state index contributed by atoms with van der Waals surface area (Å²) in [7, 11) is 1.58. The van der Waals surface area contributed by atoms with Gasteiger partial charge in [-0.15, -0.1) is 0 Å². The lowest BCUT2D eigenvalue weighted by molar-refractivity contribution is -0.116. The molecule has 1 rings (SSSR count). The summed E-state index contributed by atoms with van der Waals surface area (Å²) in [6, 6.07) is 5.34. The molecule has 19 heavy (non-hydrogen) atoms. The molecule has 0 aliphatic carbocycles. The van der Waals surface area contributed by atoms with Crippen LogP contribution in [0.5, 0.6) is 11.5 Å². The van der Waals surface area contributed by atoms with E-state index in [2.05, 4.69) is 5.32 Å². The molecule has 0 aliphatic rings. The number of methoxy groups -OCH3 is 1. The molecule has 0 aromatic heterocycles. The Balaban J connectivity index is 2.68. The summed E-state index contributed by atoms with van der Waals surface area (Å²) in [6.07, 6.45) is 1.08. The van der Waals surface area contributed by atoms with Crippen molar-refractivity contribution in [3.8, 4) is 11.5 Å². The smallest absolute Gasteiger partial charge is 0.224 e. The molecule has 3 N–H and O–H groups in total. The number of rotatable bonds is 7. The van der Waals surface area contributed by atoms with Crippen molar-refractivity contribution in [2.24, 2.45) is 5.73 Å². The fraction of sp³-hybridized carbons (Fsp3) is 0.500. The van der Waals surface area contributed by atoms with Crippen molar-refractivity contribution in [3.05, 3.63) is 18.2 Å². The Hall–Kier alpha value is -1.75. The van der Waals surface area contributed by atoms with Gasteiger partial charge in [0, 0.05) is 24.2 Å². The fourth-order valence-corrected chi connectivity index (χ4v) is 1.61. The van der Waals surface area contributed by atoms with Crippen molar-refractivity contribution in [2.45, 2.75) is 32.7 Å². The van der Waals surface area contributed by atoms with E-state index in [1.165, 1.54) is 0 Å². The Kier molecular flexibility index (Phi) is 6.15. The van der Waals surface area contributed by atoms with E-state index in [1.807, 2.05) is 13.8 Å². The third kappa shape index (κ3) is 5.18. The highest BCUT2D eigenvalue weighted by Gasteiger charge is 2.08. The Bertz CT molecular complexity index is 419. The molecule has 0 fully saturated rings. The molecule has 5 nitrogen and oxygen atoms in total. The molecule has 1 atom stereocenters. The van der Waals surface area contributed by atoms with Crippen molar-refractivity contribution >= 4 is 11.6 Å². The van der Waals surface area contributed by atoms with Gasteiger partial charge in [-0.05, 0) is 32.4 Å². The van der Waals surface area contributed by atoms with E-state index in [0.717, 1.165) is 0 Å². The first-order valence-electron chi connectivity index (χ1n) is 6.43. The van der Waals surface area contributed by atoms with Crippen molar-refractivity contribution in [3.63, 3.8) is 0 Å². The van der Waals surface area contributed by atoms with Gasteiger partial charge in [0.1, 0.15) is 0 Å². The average molecular weight is 266 g/mol. The summed E-state index contributed by atoms with van der Waals surface area (Å²) in [5.74, 6) is 1.22. The first kappa shape index (κ1) is 15.3. The molecule has 0 saturated carbocycles. The normalized spacial score (nSPS) is 11.8. The van der Waals surface area contributed by atoms with Crippen LogP contribution in [0.4, 0.5) is 5.69 Å². The Morgan fingerprint density at radius 2 is 2.16 bits per heavy atom. The van der Waals surface area contributed by atoms with Gasteiger partial charge in [0.2, 0.25) is 5.91 Å². The third-order valence-corrected chi connectivity index (χ3v) is 2.57. The topological polar surface area (TPSA) is 73.6 Å². The van der Waals surface area contributed by atoms with Crippen LogP contribution in [0.1, 0.15) is 26.7 Å². The monoisotopic (exact) mass is 266 g/mol. The summed E-state index contributed by atoms with van der Waals surface area (Å²) in [5, 5.41) is 2.82. The zero-order valence-corrected chi connectivity index (χ0v) is 11.7. The van der Waals surface area contributed by atoms with Crippen LogP contribution in [0.3, 0.4) is 0 Å². The Morgan fingerprint density at radius 1 is 1.42 bits per heavy atom. The standard InChI is InChI=1S/C14H22N2O3/c1-4-19-13-9-11(6-7-12(13)18-3)16-14(17)8-5-10(2)15/h6-7,9-10H,4-5,8,15H2,1-3H3,(H,16,17). The van der Waals surface area contributed by atoms with E-state index in [-0.39, 0.29) is 11.9 Å². The number of nitrogens with two attached hydrogens (primary N) is 1. The largest absolute Gasteiger partial charge is 0.493 e. The molecule has 0 saturated heterocycles. The van der Waals surface area contributed by atoms with E-state index in [9.17, 15) is 4.79 Å². The summed E-state index contributed by atoms with van der Waals surface area (Å²) >= 11 is 0. The van der Waals surface area contributed by atoms with Gasteiger partial charge >= 0.3 is 0 Å². The molecule has 0 aliphatic heterocycles. The van der Waals surface area contributed by atoms with Gasteiger partial charge in [-0.1, -0.05) is 0 Å². The first-order chi connectivity index (χ1) is 9.06. The molecule has 0 heterocycles. The first-order valence-corrected chi connectivity index (χ1v) is 6.43. The van der Waals surface area contributed by atoms with Gasteiger partial charge in [-0.25, -0.2) is 0 Å². The molecule has 0 bridgehead atoms. The number of amides is 1. The number of hydrogen-bond acceptors (Lipinski definition) is 4. The maximum absolute atomic E-state index is 11.7. The van der Waals surface area contributed by atoms with Gasteiger partial charge in [0.15, 0.2) is 11.5 Å². The van der Waals surface area contributed by atoms with E-state index >= 15 is 0 Å². The SMILES string of the molecule is CCOc1cc(NC(=O)CCC(C)N)ccc1OC. The maximum atomic E-state index is 11.7. The van der Waals surface area contributed by atoms with Gasteiger partial charge < -0.3 is 20.5 Å². The van der Waals surface area contributed by atoms with Crippen molar-refractivity contribution in [1.29, 1.82) is 0 Å². The highest BCUT2D eigenvalue weighted by Crippen LogP contribution is 2.30. The number of carbonyl (C=O) groups is 1. The van der Waals surface area contributed by atoms with E-state index in [4.69, 9.17) is 15.2 Å². The van der Waals surface area contributed by atoms with Crippen LogP contribution in [0.15, 0.2) is 18.2 Å².